The second-order valence-electron chi connectivity index (χ2n) is 5.34. The van der Waals surface area contributed by atoms with Gasteiger partial charge in [0.05, 0.1) is 0 Å². The lowest BCUT2D eigenvalue weighted by atomic mass is 10.0. The molecule has 3 aromatic rings. The highest BCUT2D eigenvalue weighted by atomic mass is 14.9. The quantitative estimate of drug-likeness (QED) is 0.609. The average Bonchev–Trinajstić information content (AvgIpc) is 2.48. The molecule has 1 nitrogen and oxygen atoms in total. The van der Waals surface area contributed by atoms with Crippen molar-refractivity contribution in [3.8, 4) is 11.3 Å². The predicted molar refractivity (Wildman–Crippen MR) is 84.7 cm³/mol. The zero-order chi connectivity index (χ0) is 14.1. The van der Waals surface area contributed by atoms with E-state index in [4.69, 9.17) is 0 Å². The van der Waals surface area contributed by atoms with Crippen LogP contribution in [0.1, 0.15) is 18.1 Å². The minimum Gasteiger partial charge on any atom is -0.194 e. The SMILES string of the molecule is CCc1ccc2ccc(-c3ccccc3C)[n+](C)c2c1. The van der Waals surface area contributed by atoms with Crippen LogP contribution >= 0.6 is 0 Å². The van der Waals surface area contributed by atoms with E-state index in [-0.39, 0.29) is 0 Å². The van der Waals surface area contributed by atoms with Crippen LogP contribution in [0.15, 0.2) is 54.6 Å². The number of pyridine rings is 1. The van der Waals surface area contributed by atoms with Crippen LogP contribution in [0, 0.1) is 6.92 Å². The molecule has 0 aliphatic rings. The molecule has 0 amide bonds. The average molecular weight is 262 g/mol. The molecule has 0 bridgehead atoms. The maximum absolute atomic E-state index is 2.30. The summed E-state index contributed by atoms with van der Waals surface area (Å²) >= 11 is 0. The summed E-state index contributed by atoms with van der Waals surface area (Å²) < 4.78 is 2.30. The monoisotopic (exact) mass is 262 g/mol. The molecule has 0 spiro atoms. The summed E-state index contributed by atoms with van der Waals surface area (Å²) in [5, 5.41) is 1.29. The molecule has 3 rings (SSSR count). The number of nitrogens with zero attached hydrogens (tertiary/aromatic N) is 1. The Balaban J connectivity index is 2.28. The molecule has 1 heteroatoms. The van der Waals surface area contributed by atoms with Crippen molar-refractivity contribution < 1.29 is 4.57 Å². The zero-order valence-electron chi connectivity index (χ0n) is 12.4. The molecular weight excluding hydrogens is 242 g/mol. The first-order chi connectivity index (χ1) is 9.70. The summed E-state index contributed by atoms with van der Waals surface area (Å²) in [6.45, 7) is 4.37. The van der Waals surface area contributed by atoms with Gasteiger partial charge in [0.1, 0.15) is 7.05 Å². The van der Waals surface area contributed by atoms with Crippen LogP contribution in [-0.2, 0) is 13.5 Å². The highest BCUT2D eigenvalue weighted by Gasteiger charge is 2.15. The highest BCUT2D eigenvalue weighted by Crippen LogP contribution is 2.22. The van der Waals surface area contributed by atoms with Gasteiger partial charge < -0.3 is 0 Å². The minimum atomic E-state index is 1.07. The summed E-state index contributed by atoms with van der Waals surface area (Å²) in [4.78, 5) is 0. The van der Waals surface area contributed by atoms with Crippen LogP contribution in [-0.4, -0.2) is 0 Å². The Bertz CT molecular complexity index is 772. The van der Waals surface area contributed by atoms with Gasteiger partial charge in [0.25, 0.3) is 0 Å². The standard InChI is InChI=1S/C19H20N/c1-4-15-9-10-16-11-12-18(20(3)19(16)13-15)17-8-6-5-7-14(17)2/h5-13H,4H2,1-3H3/q+1. The fraction of sp³-hybridized carbons (Fsp3) is 0.211. The van der Waals surface area contributed by atoms with E-state index >= 15 is 0 Å². The predicted octanol–water partition coefficient (Wildman–Crippen LogP) is 4.20. The van der Waals surface area contributed by atoms with Gasteiger partial charge in [0.2, 0.25) is 11.2 Å². The molecule has 1 aromatic heterocycles. The van der Waals surface area contributed by atoms with E-state index in [0.29, 0.717) is 0 Å². The van der Waals surface area contributed by atoms with Crippen molar-refractivity contribution in [2.75, 3.05) is 0 Å². The minimum absolute atomic E-state index is 1.07. The van der Waals surface area contributed by atoms with Crippen molar-refractivity contribution in [2.45, 2.75) is 20.3 Å². The van der Waals surface area contributed by atoms with Gasteiger partial charge in [-0.05, 0) is 42.7 Å². The number of aromatic nitrogens is 1. The fourth-order valence-electron chi connectivity index (χ4n) is 2.78. The Morgan fingerprint density at radius 2 is 1.70 bits per heavy atom. The van der Waals surface area contributed by atoms with Gasteiger partial charge in [0, 0.05) is 23.1 Å². The van der Waals surface area contributed by atoms with Crippen molar-refractivity contribution in [2.24, 2.45) is 7.05 Å². The lowest BCUT2D eigenvalue weighted by Gasteiger charge is -2.07. The van der Waals surface area contributed by atoms with Crippen LogP contribution in [0.2, 0.25) is 0 Å². The van der Waals surface area contributed by atoms with E-state index < -0.39 is 0 Å². The number of hydrogen-bond donors (Lipinski definition) is 0. The maximum atomic E-state index is 2.30. The second-order valence-corrected chi connectivity index (χ2v) is 5.34. The van der Waals surface area contributed by atoms with Crippen molar-refractivity contribution in [1.29, 1.82) is 0 Å². The maximum Gasteiger partial charge on any atom is 0.213 e. The molecule has 0 atom stereocenters. The smallest absolute Gasteiger partial charge is 0.194 e. The Hall–Kier alpha value is -2.15. The van der Waals surface area contributed by atoms with Gasteiger partial charge >= 0.3 is 0 Å². The summed E-state index contributed by atoms with van der Waals surface area (Å²) in [7, 11) is 2.16. The van der Waals surface area contributed by atoms with Crippen molar-refractivity contribution in [3.05, 3.63) is 65.7 Å². The van der Waals surface area contributed by atoms with Crippen LogP contribution in [0.25, 0.3) is 22.2 Å². The van der Waals surface area contributed by atoms with E-state index in [0.717, 1.165) is 6.42 Å². The lowest BCUT2D eigenvalue weighted by Crippen LogP contribution is -2.32. The molecule has 100 valence electrons. The van der Waals surface area contributed by atoms with Crippen molar-refractivity contribution in [3.63, 3.8) is 0 Å². The Morgan fingerprint density at radius 1 is 0.950 bits per heavy atom. The molecule has 1 heterocycles. The van der Waals surface area contributed by atoms with Gasteiger partial charge in [-0.3, -0.25) is 0 Å². The zero-order valence-corrected chi connectivity index (χ0v) is 12.4. The van der Waals surface area contributed by atoms with E-state index in [1.165, 1.54) is 33.3 Å². The first-order valence-corrected chi connectivity index (χ1v) is 7.18. The third-order valence-electron chi connectivity index (χ3n) is 4.07. The highest BCUT2D eigenvalue weighted by molar-refractivity contribution is 5.78. The number of hydrogen-bond acceptors (Lipinski definition) is 0. The van der Waals surface area contributed by atoms with Crippen molar-refractivity contribution >= 4 is 10.9 Å². The molecule has 2 aromatic carbocycles. The lowest BCUT2D eigenvalue weighted by molar-refractivity contribution is -0.633. The molecule has 0 radical (unpaired) electrons. The number of rotatable bonds is 2. The second kappa shape index (κ2) is 5.09. The Labute approximate surface area is 120 Å². The number of aryl methyl sites for hydroxylation is 3. The van der Waals surface area contributed by atoms with E-state index in [2.05, 4.69) is 80.1 Å². The molecular formula is C19H20N+. The molecule has 0 saturated carbocycles. The van der Waals surface area contributed by atoms with Gasteiger partial charge in [-0.15, -0.1) is 0 Å². The molecule has 0 N–H and O–H groups in total. The summed E-state index contributed by atoms with van der Waals surface area (Å²) in [6, 6.07) is 19.7. The molecule has 0 fully saturated rings. The van der Waals surface area contributed by atoms with Gasteiger partial charge in [-0.2, -0.15) is 4.57 Å². The van der Waals surface area contributed by atoms with Gasteiger partial charge in [0.15, 0.2) is 0 Å². The van der Waals surface area contributed by atoms with Crippen LogP contribution in [0.4, 0.5) is 0 Å². The normalized spacial score (nSPS) is 10.9. The Kier molecular flexibility index (Phi) is 3.27. The number of fused-ring (bicyclic) bond motifs is 1. The van der Waals surface area contributed by atoms with Crippen LogP contribution in [0.5, 0.6) is 0 Å². The van der Waals surface area contributed by atoms with E-state index in [9.17, 15) is 0 Å². The first-order valence-electron chi connectivity index (χ1n) is 7.18. The number of benzene rings is 2. The molecule has 0 unspecified atom stereocenters. The Morgan fingerprint density at radius 3 is 2.45 bits per heavy atom. The largest absolute Gasteiger partial charge is 0.213 e. The van der Waals surface area contributed by atoms with Crippen LogP contribution in [0.3, 0.4) is 0 Å². The van der Waals surface area contributed by atoms with Gasteiger partial charge in [-0.25, -0.2) is 0 Å². The summed E-state index contributed by atoms with van der Waals surface area (Å²) in [5.41, 5.74) is 6.57. The van der Waals surface area contributed by atoms with E-state index in [1.807, 2.05) is 0 Å². The van der Waals surface area contributed by atoms with Crippen LogP contribution < -0.4 is 4.57 Å². The molecule has 0 aliphatic heterocycles. The molecule has 20 heavy (non-hydrogen) atoms. The van der Waals surface area contributed by atoms with Gasteiger partial charge in [-0.1, -0.05) is 31.2 Å². The molecule has 0 aliphatic carbocycles. The third-order valence-corrected chi connectivity index (χ3v) is 4.07. The third kappa shape index (κ3) is 2.09. The van der Waals surface area contributed by atoms with Crippen molar-refractivity contribution in [1.82, 2.24) is 0 Å². The summed E-state index contributed by atoms with van der Waals surface area (Å²) in [6.07, 6.45) is 1.07. The first kappa shape index (κ1) is 12.9. The topological polar surface area (TPSA) is 3.88 Å². The van der Waals surface area contributed by atoms with E-state index in [1.54, 1.807) is 0 Å². The molecule has 0 saturated heterocycles. The summed E-state index contributed by atoms with van der Waals surface area (Å²) in [5.74, 6) is 0. The fourth-order valence-corrected chi connectivity index (χ4v) is 2.78.